The van der Waals surface area contributed by atoms with E-state index in [4.69, 9.17) is 4.74 Å². The minimum Gasteiger partial charge on any atom is -0.494 e. The van der Waals surface area contributed by atoms with Crippen molar-refractivity contribution in [3.8, 4) is 11.8 Å². The molecule has 2 nitrogen and oxygen atoms in total. The Morgan fingerprint density at radius 3 is 2.33 bits per heavy atom. The van der Waals surface area contributed by atoms with E-state index in [1.165, 1.54) is 5.56 Å². The lowest BCUT2D eigenvalue weighted by Crippen LogP contribution is -2.22. The van der Waals surface area contributed by atoms with Gasteiger partial charge in [0.05, 0.1) is 18.2 Å². The molecule has 0 saturated carbocycles. The smallest absolute Gasteiger partial charge is 0.119 e. The van der Waals surface area contributed by atoms with Crippen LogP contribution in [0.3, 0.4) is 0 Å². The molecule has 0 heterocycles. The fourth-order valence-corrected chi connectivity index (χ4v) is 2.78. The molecule has 0 aromatic heterocycles. The lowest BCUT2D eigenvalue weighted by atomic mass is 9.79. The Morgan fingerprint density at radius 1 is 0.958 bits per heavy atom. The summed E-state index contributed by atoms with van der Waals surface area (Å²) in [4.78, 5) is 0. The highest BCUT2D eigenvalue weighted by Crippen LogP contribution is 2.30. The first-order chi connectivity index (χ1) is 11.2. The Hall–Kier alpha value is -2.27. The van der Waals surface area contributed by atoms with Crippen LogP contribution < -0.4 is 4.74 Å². The second kappa shape index (κ2) is 7.09. The van der Waals surface area contributed by atoms with Crippen LogP contribution in [0, 0.1) is 11.3 Å². The van der Waals surface area contributed by atoms with Gasteiger partial charge in [0.25, 0.3) is 0 Å². The molecule has 126 valence electrons. The topological polar surface area (TPSA) is 33.0 Å². The molecule has 0 aliphatic heterocycles. The average molecular weight is 321 g/mol. The van der Waals surface area contributed by atoms with Gasteiger partial charge in [0.2, 0.25) is 0 Å². The standard InChI is InChI=1S/C22H27NO/c1-21(2,3)18-10-8-11-19(15-18)24-14-13-22(4,5)20-12-7-6-9-17(20)16-23/h6-12,15H,13-14H2,1-5H3. The van der Waals surface area contributed by atoms with E-state index in [0.717, 1.165) is 23.3 Å². The molecule has 0 bridgehead atoms. The Bertz CT molecular complexity index is 732. The van der Waals surface area contributed by atoms with Gasteiger partial charge in [-0.05, 0) is 46.6 Å². The SMILES string of the molecule is CC(C)(C)c1cccc(OCCC(C)(C)c2ccccc2C#N)c1. The Labute approximate surface area is 146 Å². The number of benzene rings is 2. The number of nitriles is 1. The highest BCUT2D eigenvalue weighted by Gasteiger charge is 2.23. The molecule has 0 atom stereocenters. The molecule has 0 radical (unpaired) electrons. The van der Waals surface area contributed by atoms with E-state index in [0.29, 0.717) is 6.61 Å². The van der Waals surface area contributed by atoms with Gasteiger partial charge in [-0.2, -0.15) is 5.26 Å². The first-order valence-corrected chi connectivity index (χ1v) is 8.47. The molecule has 0 spiro atoms. The third kappa shape index (κ3) is 4.38. The van der Waals surface area contributed by atoms with Gasteiger partial charge >= 0.3 is 0 Å². The third-order valence-electron chi connectivity index (χ3n) is 4.47. The molecule has 0 N–H and O–H groups in total. The average Bonchev–Trinajstić information content (AvgIpc) is 2.54. The molecule has 0 saturated heterocycles. The fourth-order valence-electron chi connectivity index (χ4n) is 2.78. The Kier molecular flexibility index (Phi) is 5.34. The van der Waals surface area contributed by atoms with Gasteiger partial charge in [-0.1, -0.05) is 65.0 Å². The Balaban J connectivity index is 2.05. The minimum atomic E-state index is -0.103. The maximum Gasteiger partial charge on any atom is 0.119 e. The second-order valence-corrected chi connectivity index (χ2v) is 7.92. The zero-order valence-corrected chi connectivity index (χ0v) is 15.4. The molecular formula is C22H27NO. The van der Waals surface area contributed by atoms with Crippen LogP contribution in [-0.4, -0.2) is 6.61 Å². The molecule has 2 heteroatoms. The summed E-state index contributed by atoms with van der Waals surface area (Å²) in [5.74, 6) is 0.909. The van der Waals surface area contributed by atoms with Crippen LogP contribution >= 0.6 is 0 Å². The van der Waals surface area contributed by atoms with Crippen molar-refractivity contribution in [1.82, 2.24) is 0 Å². The Morgan fingerprint density at radius 2 is 1.67 bits per heavy atom. The summed E-state index contributed by atoms with van der Waals surface area (Å²) in [5, 5.41) is 9.31. The van der Waals surface area contributed by atoms with E-state index in [1.807, 2.05) is 36.4 Å². The molecule has 0 aliphatic carbocycles. The summed E-state index contributed by atoms with van der Waals surface area (Å²) >= 11 is 0. The van der Waals surface area contributed by atoms with Gasteiger partial charge in [0.1, 0.15) is 5.75 Å². The molecule has 24 heavy (non-hydrogen) atoms. The van der Waals surface area contributed by atoms with Crippen molar-refractivity contribution in [2.75, 3.05) is 6.61 Å². The van der Waals surface area contributed by atoms with Crippen LogP contribution in [0.4, 0.5) is 0 Å². The van der Waals surface area contributed by atoms with Crippen LogP contribution in [0.5, 0.6) is 5.75 Å². The van der Waals surface area contributed by atoms with E-state index < -0.39 is 0 Å². The predicted molar refractivity (Wildman–Crippen MR) is 99.4 cm³/mol. The van der Waals surface area contributed by atoms with Gasteiger partial charge in [-0.25, -0.2) is 0 Å². The monoisotopic (exact) mass is 321 g/mol. The third-order valence-corrected chi connectivity index (χ3v) is 4.47. The summed E-state index contributed by atoms with van der Waals surface area (Å²) in [6.07, 6.45) is 0.853. The highest BCUT2D eigenvalue weighted by molar-refractivity contribution is 5.41. The number of hydrogen-bond acceptors (Lipinski definition) is 2. The molecule has 0 unspecified atom stereocenters. The van der Waals surface area contributed by atoms with Gasteiger partial charge in [0.15, 0.2) is 0 Å². The molecule has 2 rings (SSSR count). The van der Waals surface area contributed by atoms with Gasteiger partial charge in [0, 0.05) is 0 Å². The summed E-state index contributed by atoms with van der Waals surface area (Å²) in [6, 6.07) is 18.4. The lowest BCUT2D eigenvalue weighted by molar-refractivity contribution is 0.272. The first-order valence-electron chi connectivity index (χ1n) is 8.47. The second-order valence-electron chi connectivity index (χ2n) is 7.92. The van der Waals surface area contributed by atoms with Crippen molar-refractivity contribution in [2.45, 2.75) is 51.9 Å². The van der Waals surface area contributed by atoms with Crippen LogP contribution in [0.1, 0.15) is 57.7 Å². The number of ether oxygens (including phenoxy) is 1. The van der Waals surface area contributed by atoms with Crippen molar-refractivity contribution in [3.63, 3.8) is 0 Å². The van der Waals surface area contributed by atoms with E-state index in [-0.39, 0.29) is 10.8 Å². The van der Waals surface area contributed by atoms with E-state index in [1.54, 1.807) is 0 Å². The first kappa shape index (κ1) is 18.1. The quantitative estimate of drug-likeness (QED) is 0.718. The number of nitrogens with zero attached hydrogens (tertiary/aromatic N) is 1. The maximum atomic E-state index is 9.31. The normalized spacial score (nSPS) is 11.8. The maximum absolute atomic E-state index is 9.31. The van der Waals surface area contributed by atoms with Crippen molar-refractivity contribution in [3.05, 3.63) is 65.2 Å². The van der Waals surface area contributed by atoms with Gasteiger partial charge in [-0.3, -0.25) is 0 Å². The van der Waals surface area contributed by atoms with Gasteiger partial charge < -0.3 is 4.74 Å². The molecule has 0 aliphatic rings. The summed E-state index contributed by atoms with van der Waals surface area (Å²) in [5.41, 5.74) is 3.11. The number of hydrogen-bond donors (Lipinski definition) is 0. The largest absolute Gasteiger partial charge is 0.494 e. The molecule has 2 aromatic rings. The molecule has 0 amide bonds. The lowest BCUT2D eigenvalue weighted by Gasteiger charge is -2.26. The fraction of sp³-hybridized carbons (Fsp3) is 0.409. The molecular weight excluding hydrogens is 294 g/mol. The molecule has 0 fully saturated rings. The number of rotatable bonds is 5. The van der Waals surface area contributed by atoms with Crippen LogP contribution in [-0.2, 0) is 10.8 Å². The van der Waals surface area contributed by atoms with Crippen molar-refractivity contribution >= 4 is 0 Å². The summed E-state index contributed by atoms with van der Waals surface area (Å²) in [6.45, 7) is 11.6. The van der Waals surface area contributed by atoms with Crippen LogP contribution in [0.2, 0.25) is 0 Å². The van der Waals surface area contributed by atoms with E-state index in [2.05, 4.69) is 52.8 Å². The zero-order valence-electron chi connectivity index (χ0n) is 15.4. The van der Waals surface area contributed by atoms with Crippen LogP contribution in [0.25, 0.3) is 0 Å². The van der Waals surface area contributed by atoms with Crippen molar-refractivity contribution in [2.24, 2.45) is 0 Å². The van der Waals surface area contributed by atoms with Gasteiger partial charge in [-0.15, -0.1) is 0 Å². The molecule has 2 aromatic carbocycles. The van der Waals surface area contributed by atoms with Crippen molar-refractivity contribution in [1.29, 1.82) is 5.26 Å². The zero-order chi connectivity index (χ0) is 17.8. The summed E-state index contributed by atoms with van der Waals surface area (Å²) < 4.78 is 5.99. The predicted octanol–water partition coefficient (Wildman–Crippen LogP) is 5.60. The highest BCUT2D eigenvalue weighted by atomic mass is 16.5. The summed E-state index contributed by atoms with van der Waals surface area (Å²) in [7, 11) is 0. The minimum absolute atomic E-state index is 0.103. The van der Waals surface area contributed by atoms with E-state index >= 15 is 0 Å². The van der Waals surface area contributed by atoms with E-state index in [9.17, 15) is 5.26 Å². The van der Waals surface area contributed by atoms with Crippen molar-refractivity contribution < 1.29 is 4.74 Å². The van der Waals surface area contributed by atoms with Crippen LogP contribution in [0.15, 0.2) is 48.5 Å².